The lowest BCUT2D eigenvalue weighted by atomic mass is 9.96. The second kappa shape index (κ2) is 7.50. The first-order chi connectivity index (χ1) is 12.3. The van der Waals surface area contributed by atoms with E-state index in [1.807, 2.05) is 11.3 Å². The maximum atomic E-state index is 4.28. The molecule has 0 saturated carbocycles. The molecule has 2 heterocycles. The molecule has 140 valence electrons. The zero-order valence-corrected chi connectivity index (χ0v) is 17.4. The van der Waals surface area contributed by atoms with Crippen molar-refractivity contribution in [2.75, 3.05) is 32.5 Å². The Labute approximate surface area is 162 Å². The minimum absolute atomic E-state index is 0.142. The van der Waals surface area contributed by atoms with Gasteiger partial charge in [-0.25, -0.2) is 0 Å². The molecule has 0 bridgehead atoms. The van der Waals surface area contributed by atoms with Gasteiger partial charge in [0.2, 0.25) is 0 Å². The van der Waals surface area contributed by atoms with Crippen LogP contribution in [0, 0.1) is 17.8 Å². The summed E-state index contributed by atoms with van der Waals surface area (Å²) < 4.78 is 0. The van der Waals surface area contributed by atoms with E-state index < -0.39 is 0 Å². The summed E-state index contributed by atoms with van der Waals surface area (Å²) in [5, 5.41) is 4.81. The SMILES string of the molecule is C=C(Nc1cc2c(s1)CCCC2)C1CN(C(=C)C#CC(C)(C)N(C)C)C1. The van der Waals surface area contributed by atoms with Crippen molar-refractivity contribution in [1.29, 1.82) is 0 Å². The molecule has 4 heteroatoms. The summed E-state index contributed by atoms with van der Waals surface area (Å²) >= 11 is 1.91. The van der Waals surface area contributed by atoms with Crippen LogP contribution in [-0.4, -0.2) is 42.5 Å². The van der Waals surface area contributed by atoms with Crippen LogP contribution in [0.1, 0.15) is 37.1 Å². The second-order valence-corrected chi connectivity index (χ2v) is 9.31. The van der Waals surface area contributed by atoms with Crippen LogP contribution in [0.3, 0.4) is 0 Å². The van der Waals surface area contributed by atoms with Crippen LogP contribution in [0.2, 0.25) is 0 Å². The highest BCUT2D eigenvalue weighted by molar-refractivity contribution is 7.16. The zero-order valence-electron chi connectivity index (χ0n) is 16.6. The van der Waals surface area contributed by atoms with Crippen molar-refractivity contribution in [2.45, 2.75) is 45.1 Å². The number of nitrogens with one attached hydrogen (secondary N) is 1. The van der Waals surface area contributed by atoms with E-state index in [9.17, 15) is 0 Å². The summed E-state index contributed by atoms with van der Waals surface area (Å²) in [6.45, 7) is 14.6. The minimum atomic E-state index is -0.142. The molecule has 1 aliphatic carbocycles. The third-order valence-corrected chi connectivity index (χ3v) is 6.82. The number of nitrogens with zero attached hydrogens (tertiary/aromatic N) is 2. The van der Waals surface area contributed by atoms with Crippen molar-refractivity contribution in [3.8, 4) is 11.8 Å². The van der Waals surface area contributed by atoms with Crippen LogP contribution in [0.4, 0.5) is 5.00 Å². The number of allylic oxidation sites excluding steroid dienone is 1. The standard InChI is InChI=1S/C22H31N3S/c1-16(11-12-22(3,4)24(5)6)25-14-19(15-25)17(2)23-21-13-18-9-7-8-10-20(18)26-21/h13,19,23H,1-2,7-10,14-15H2,3-6H3. The van der Waals surface area contributed by atoms with E-state index >= 15 is 0 Å². The molecule has 0 unspecified atom stereocenters. The molecule has 0 amide bonds. The van der Waals surface area contributed by atoms with Crippen LogP contribution in [0.15, 0.2) is 30.6 Å². The highest BCUT2D eigenvalue weighted by atomic mass is 32.1. The van der Waals surface area contributed by atoms with Gasteiger partial charge >= 0.3 is 0 Å². The Bertz CT molecular complexity index is 731. The normalized spacial score (nSPS) is 17.2. The Kier molecular flexibility index (Phi) is 5.50. The molecule has 1 aliphatic heterocycles. The Morgan fingerprint density at radius 2 is 1.96 bits per heavy atom. The quantitative estimate of drug-likeness (QED) is 0.779. The van der Waals surface area contributed by atoms with E-state index in [0.29, 0.717) is 5.92 Å². The summed E-state index contributed by atoms with van der Waals surface area (Å²) in [6, 6.07) is 2.33. The molecule has 0 spiro atoms. The molecule has 0 radical (unpaired) electrons. The topological polar surface area (TPSA) is 18.5 Å². The fourth-order valence-corrected chi connectivity index (χ4v) is 4.34. The van der Waals surface area contributed by atoms with E-state index in [2.05, 4.69) is 74.1 Å². The van der Waals surface area contributed by atoms with Gasteiger partial charge in [-0.3, -0.25) is 4.90 Å². The summed E-state index contributed by atoms with van der Waals surface area (Å²) in [5.74, 6) is 7.02. The average molecular weight is 370 g/mol. The highest BCUT2D eigenvalue weighted by Gasteiger charge is 2.30. The van der Waals surface area contributed by atoms with Gasteiger partial charge in [-0.05, 0) is 71.2 Å². The predicted octanol–water partition coefficient (Wildman–Crippen LogP) is 4.34. The van der Waals surface area contributed by atoms with Crippen molar-refractivity contribution in [3.63, 3.8) is 0 Å². The summed E-state index contributed by atoms with van der Waals surface area (Å²) in [5.41, 5.74) is 3.43. The average Bonchev–Trinajstić information content (AvgIpc) is 2.93. The lowest BCUT2D eigenvalue weighted by Gasteiger charge is -2.41. The number of thiophene rings is 1. The van der Waals surface area contributed by atoms with Gasteiger partial charge in [-0.1, -0.05) is 19.1 Å². The lowest BCUT2D eigenvalue weighted by molar-refractivity contribution is 0.180. The Balaban J connectivity index is 1.50. The molecule has 0 aromatic carbocycles. The molecule has 1 aromatic heterocycles. The van der Waals surface area contributed by atoms with Crippen molar-refractivity contribution >= 4 is 16.3 Å². The number of fused-ring (bicyclic) bond motifs is 1. The number of hydrogen-bond acceptors (Lipinski definition) is 4. The first-order valence-corrected chi connectivity index (χ1v) is 10.3. The molecule has 1 aromatic rings. The van der Waals surface area contributed by atoms with Gasteiger partial charge in [0.1, 0.15) is 0 Å². The second-order valence-electron chi connectivity index (χ2n) is 8.17. The number of anilines is 1. The minimum Gasteiger partial charge on any atom is -0.364 e. The van der Waals surface area contributed by atoms with Gasteiger partial charge in [0.15, 0.2) is 0 Å². The number of aryl methyl sites for hydroxylation is 2. The molecular formula is C22H31N3S. The summed E-state index contributed by atoms with van der Waals surface area (Å²) in [6.07, 6.45) is 5.14. The first-order valence-electron chi connectivity index (χ1n) is 9.48. The summed E-state index contributed by atoms with van der Waals surface area (Å²) in [7, 11) is 4.10. The van der Waals surface area contributed by atoms with Gasteiger partial charge in [0.25, 0.3) is 0 Å². The zero-order chi connectivity index (χ0) is 18.9. The highest BCUT2D eigenvalue weighted by Crippen LogP contribution is 2.35. The first kappa shape index (κ1) is 19.1. The molecular weight excluding hydrogens is 338 g/mol. The maximum Gasteiger partial charge on any atom is 0.0929 e. The van der Waals surface area contributed by atoms with Gasteiger partial charge in [0.05, 0.1) is 16.2 Å². The smallest absolute Gasteiger partial charge is 0.0929 e. The molecule has 3 rings (SSSR count). The van der Waals surface area contributed by atoms with Crippen LogP contribution >= 0.6 is 11.3 Å². The Morgan fingerprint density at radius 3 is 2.62 bits per heavy atom. The van der Waals surface area contributed by atoms with Gasteiger partial charge in [-0.2, -0.15) is 0 Å². The number of likely N-dealkylation sites (tertiary alicyclic amines) is 1. The van der Waals surface area contributed by atoms with E-state index in [0.717, 1.165) is 24.5 Å². The van der Waals surface area contributed by atoms with Crippen LogP contribution < -0.4 is 5.32 Å². The molecule has 1 N–H and O–H groups in total. The molecule has 26 heavy (non-hydrogen) atoms. The number of hydrogen-bond donors (Lipinski definition) is 1. The third kappa shape index (κ3) is 4.16. The van der Waals surface area contributed by atoms with Gasteiger partial charge in [0, 0.05) is 29.6 Å². The van der Waals surface area contributed by atoms with Crippen LogP contribution in [0.5, 0.6) is 0 Å². The fraction of sp³-hybridized carbons (Fsp3) is 0.545. The van der Waals surface area contributed by atoms with Crippen molar-refractivity contribution in [3.05, 3.63) is 41.1 Å². The lowest BCUT2D eigenvalue weighted by Crippen LogP contribution is -2.47. The van der Waals surface area contributed by atoms with Gasteiger partial charge in [-0.15, -0.1) is 11.3 Å². The van der Waals surface area contributed by atoms with Crippen molar-refractivity contribution in [2.24, 2.45) is 5.92 Å². The fourth-order valence-electron chi connectivity index (χ4n) is 3.15. The predicted molar refractivity (Wildman–Crippen MR) is 113 cm³/mol. The monoisotopic (exact) mass is 369 g/mol. The van der Waals surface area contributed by atoms with Crippen LogP contribution in [-0.2, 0) is 12.8 Å². The molecule has 1 saturated heterocycles. The van der Waals surface area contributed by atoms with E-state index in [1.54, 1.807) is 10.4 Å². The largest absolute Gasteiger partial charge is 0.364 e. The Morgan fingerprint density at radius 1 is 1.27 bits per heavy atom. The van der Waals surface area contributed by atoms with Crippen LogP contribution in [0.25, 0.3) is 0 Å². The molecule has 0 atom stereocenters. The molecule has 1 fully saturated rings. The van der Waals surface area contributed by atoms with Crippen molar-refractivity contribution < 1.29 is 0 Å². The molecule has 2 aliphatic rings. The summed E-state index contributed by atoms with van der Waals surface area (Å²) in [4.78, 5) is 5.93. The Hall–Kier alpha value is -1.70. The molecule has 3 nitrogen and oxygen atoms in total. The van der Waals surface area contributed by atoms with Crippen molar-refractivity contribution in [1.82, 2.24) is 9.80 Å². The van der Waals surface area contributed by atoms with E-state index in [1.165, 1.54) is 30.7 Å². The number of rotatable bonds is 5. The third-order valence-electron chi connectivity index (χ3n) is 5.67. The van der Waals surface area contributed by atoms with Gasteiger partial charge < -0.3 is 10.2 Å². The van der Waals surface area contributed by atoms with E-state index in [-0.39, 0.29) is 5.54 Å². The maximum absolute atomic E-state index is 4.28. The van der Waals surface area contributed by atoms with E-state index in [4.69, 9.17) is 0 Å².